The van der Waals surface area contributed by atoms with E-state index in [9.17, 15) is 9.59 Å². The molecule has 0 aromatic carbocycles. The van der Waals surface area contributed by atoms with Crippen LogP contribution in [0.15, 0.2) is 0 Å². The molecule has 5 nitrogen and oxygen atoms in total. The lowest BCUT2D eigenvalue weighted by molar-refractivity contribution is -0.142. The van der Waals surface area contributed by atoms with Crippen LogP contribution in [0.4, 0.5) is 0 Å². The zero-order valence-electron chi connectivity index (χ0n) is 8.78. The quantitative estimate of drug-likeness (QED) is 0.576. The van der Waals surface area contributed by atoms with Gasteiger partial charge in [0.1, 0.15) is 6.04 Å². The predicted molar refractivity (Wildman–Crippen MR) is 52.6 cm³/mol. The van der Waals surface area contributed by atoms with Crippen LogP contribution in [0.1, 0.15) is 20.8 Å². The minimum atomic E-state index is -1.04. The van der Waals surface area contributed by atoms with Gasteiger partial charge in [-0.1, -0.05) is 13.8 Å². The van der Waals surface area contributed by atoms with E-state index in [-0.39, 0.29) is 24.3 Å². The van der Waals surface area contributed by atoms with Gasteiger partial charge in [0.15, 0.2) is 0 Å². The maximum atomic E-state index is 11.5. The van der Waals surface area contributed by atoms with Gasteiger partial charge < -0.3 is 16.2 Å². The van der Waals surface area contributed by atoms with Crippen LogP contribution in [0.3, 0.4) is 0 Å². The van der Waals surface area contributed by atoms with Gasteiger partial charge in [0.2, 0.25) is 5.91 Å². The summed E-state index contributed by atoms with van der Waals surface area (Å²) in [7, 11) is 0. The molecule has 4 N–H and O–H groups in total. The maximum absolute atomic E-state index is 11.5. The summed E-state index contributed by atoms with van der Waals surface area (Å²) in [6.45, 7) is 5.41. The molecule has 0 bridgehead atoms. The Morgan fingerprint density at radius 2 is 1.86 bits per heavy atom. The van der Waals surface area contributed by atoms with Crippen molar-refractivity contribution in [2.45, 2.75) is 26.8 Å². The number of amides is 1. The van der Waals surface area contributed by atoms with Crippen LogP contribution in [0.2, 0.25) is 0 Å². The molecule has 0 saturated carbocycles. The van der Waals surface area contributed by atoms with Gasteiger partial charge >= 0.3 is 5.97 Å². The molecule has 5 heteroatoms. The predicted octanol–water partition coefficient (Wildman–Crippen LogP) is -0.193. The second kappa shape index (κ2) is 5.59. The number of hydrogen-bond acceptors (Lipinski definition) is 3. The Balaban J connectivity index is 4.24. The molecule has 0 fully saturated rings. The average molecular weight is 202 g/mol. The molecular formula is C9H18N2O3. The SMILES string of the molecule is CC(C)C(CN)C(=O)N[C@@H](C)C(=O)O. The molecular weight excluding hydrogens is 184 g/mol. The fourth-order valence-electron chi connectivity index (χ4n) is 1.06. The molecule has 0 aliphatic rings. The van der Waals surface area contributed by atoms with Gasteiger partial charge in [-0.3, -0.25) is 9.59 Å². The molecule has 0 aromatic rings. The van der Waals surface area contributed by atoms with E-state index in [4.69, 9.17) is 10.8 Å². The summed E-state index contributed by atoms with van der Waals surface area (Å²) >= 11 is 0. The van der Waals surface area contributed by atoms with E-state index >= 15 is 0 Å². The molecule has 0 aromatic heterocycles. The topological polar surface area (TPSA) is 92.4 Å². The molecule has 1 amide bonds. The number of aliphatic carboxylic acids is 1. The molecule has 0 saturated heterocycles. The van der Waals surface area contributed by atoms with E-state index in [1.54, 1.807) is 0 Å². The smallest absolute Gasteiger partial charge is 0.325 e. The van der Waals surface area contributed by atoms with E-state index in [0.717, 1.165) is 0 Å². The van der Waals surface area contributed by atoms with Crippen LogP contribution in [-0.4, -0.2) is 29.6 Å². The Morgan fingerprint density at radius 1 is 1.36 bits per heavy atom. The van der Waals surface area contributed by atoms with Crippen LogP contribution >= 0.6 is 0 Å². The second-order valence-electron chi connectivity index (χ2n) is 3.65. The van der Waals surface area contributed by atoms with E-state index < -0.39 is 12.0 Å². The number of hydrogen-bond donors (Lipinski definition) is 3. The summed E-state index contributed by atoms with van der Waals surface area (Å²) in [6.07, 6.45) is 0. The zero-order chi connectivity index (χ0) is 11.3. The van der Waals surface area contributed by atoms with E-state index in [1.807, 2.05) is 13.8 Å². The largest absolute Gasteiger partial charge is 0.480 e. The monoisotopic (exact) mass is 202 g/mol. The third-order valence-corrected chi connectivity index (χ3v) is 2.12. The van der Waals surface area contributed by atoms with Gasteiger partial charge in [0.25, 0.3) is 0 Å². The van der Waals surface area contributed by atoms with Crippen molar-refractivity contribution in [1.29, 1.82) is 0 Å². The van der Waals surface area contributed by atoms with Gasteiger partial charge in [-0.2, -0.15) is 0 Å². The van der Waals surface area contributed by atoms with Gasteiger partial charge in [-0.15, -0.1) is 0 Å². The molecule has 14 heavy (non-hydrogen) atoms. The Bertz CT molecular complexity index is 216. The summed E-state index contributed by atoms with van der Waals surface area (Å²) in [5.41, 5.74) is 5.42. The molecule has 0 rings (SSSR count). The third kappa shape index (κ3) is 3.74. The lowest BCUT2D eigenvalue weighted by Gasteiger charge is -2.19. The Labute approximate surface area is 83.7 Å². The van der Waals surface area contributed by atoms with Crippen molar-refractivity contribution in [3.8, 4) is 0 Å². The standard InChI is InChI=1S/C9H18N2O3/c1-5(2)7(4-10)8(12)11-6(3)9(13)14/h5-7H,4,10H2,1-3H3,(H,11,12)(H,13,14)/t6-,7?/m0/s1. The molecule has 0 heterocycles. The molecule has 2 atom stereocenters. The number of rotatable bonds is 5. The number of carboxylic acid groups (broad SMARTS) is 1. The van der Waals surface area contributed by atoms with Gasteiger partial charge in [-0.25, -0.2) is 0 Å². The highest BCUT2D eigenvalue weighted by atomic mass is 16.4. The molecule has 0 aliphatic heterocycles. The fourth-order valence-corrected chi connectivity index (χ4v) is 1.06. The first kappa shape index (κ1) is 12.9. The summed E-state index contributed by atoms with van der Waals surface area (Å²) < 4.78 is 0. The Hall–Kier alpha value is -1.10. The lowest BCUT2D eigenvalue weighted by Crippen LogP contribution is -2.45. The summed E-state index contributed by atoms with van der Waals surface area (Å²) in [4.78, 5) is 21.9. The number of carboxylic acids is 1. The summed E-state index contributed by atoms with van der Waals surface area (Å²) in [5.74, 6) is -1.55. The first-order chi connectivity index (χ1) is 6.40. The highest BCUT2D eigenvalue weighted by molar-refractivity contribution is 5.84. The van der Waals surface area contributed by atoms with Crippen molar-refractivity contribution < 1.29 is 14.7 Å². The van der Waals surface area contributed by atoms with Crippen LogP contribution in [0, 0.1) is 11.8 Å². The van der Waals surface area contributed by atoms with Crippen LogP contribution < -0.4 is 11.1 Å². The van der Waals surface area contributed by atoms with Crippen LogP contribution in [-0.2, 0) is 9.59 Å². The van der Waals surface area contributed by atoms with Gasteiger partial charge in [0.05, 0.1) is 5.92 Å². The molecule has 0 radical (unpaired) electrons. The van der Waals surface area contributed by atoms with E-state index in [1.165, 1.54) is 6.92 Å². The summed E-state index contributed by atoms with van der Waals surface area (Å²) in [6, 6.07) is -0.865. The van der Waals surface area contributed by atoms with Crippen LogP contribution in [0.5, 0.6) is 0 Å². The highest BCUT2D eigenvalue weighted by Gasteiger charge is 2.23. The molecule has 0 aliphatic carbocycles. The Morgan fingerprint density at radius 3 is 2.14 bits per heavy atom. The number of nitrogens with two attached hydrogens (primary N) is 1. The Kier molecular flexibility index (Phi) is 5.15. The lowest BCUT2D eigenvalue weighted by atomic mass is 9.95. The normalized spacial score (nSPS) is 14.9. The minimum absolute atomic E-state index is 0.112. The van der Waals surface area contributed by atoms with Gasteiger partial charge in [0, 0.05) is 6.54 Å². The van der Waals surface area contributed by atoms with E-state index in [2.05, 4.69) is 5.32 Å². The van der Waals surface area contributed by atoms with Gasteiger partial charge in [-0.05, 0) is 12.8 Å². The van der Waals surface area contributed by atoms with Crippen LogP contribution in [0.25, 0.3) is 0 Å². The van der Waals surface area contributed by atoms with E-state index in [0.29, 0.717) is 0 Å². The molecule has 82 valence electrons. The first-order valence-electron chi connectivity index (χ1n) is 4.63. The van der Waals surface area contributed by atoms with Crippen molar-refractivity contribution in [3.63, 3.8) is 0 Å². The number of carbonyl (C=O) groups excluding carboxylic acids is 1. The van der Waals surface area contributed by atoms with Crippen molar-refractivity contribution in [3.05, 3.63) is 0 Å². The van der Waals surface area contributed by atoms with Crippen molar-refractivity contribution in [2.24, 2.45) is 17.6 Å². The summed E-state index contributed by atoms with van der Waals surface area (Å²) in [5, 5.41) is 11.0. The average Bonchev–Trinajstić information content (AvgIpc) is 2.04. The van der Waals surface area contributed by atoms with Crippen molar-refractivity contribution in [2.75, 3.05) is 6.54 Å². The zero-order valence-corrected chi connectivity index (χ0v) is 8.78. The minimum Gasteiger partial charge on any atom is -0.480 e. The molecule has 1 unspecified atom stereocenters. The number of nitrogens with one attached hydrogen (secondary N) is 1. The fraction of sp³-hybridized carbons (Fsp3) is 0.778. The van der Waals surface area contributed by atoms with Crippen molar-refractivity contribution >= 4 is 11.9 Å². The first-order valence-corrected chi connectivity index (χ1v) is 4.63. The maximum Gasteiger partial charge on any atom is 0.325 e. The second-order valence-corrected chi connectivity index (χ2v) is 3.65. The highest BCUT2D eigenvalue weighted by Crippen LogP contribution is 2.09. The number of carbonyl (C=O) groups is 2. The molecule has 0 spiro atoms. The van der Waals surface area contributed by atoms with Crippen molar-refractivity contribution in [1.82, 2.24) is 5.32 Å². The third-order valence-electron chi connectivity index (χ3n) is 2.12.